The van der Waals surface area contributed by atoms with Gasteiger partial charge in [0, 0.05) is 5.56 Å². The van der Waals surface area contributed by atoms with E-state index in [0.29, 0.717) is 5.56 Å². The van der Waals surface area contributed by atoms with Gasteiger partial charge in [-0.1, -0.05) is 30.3 Å². The van der Waals surface area contributed by atoms with Gasteiger partial charge >= 0.3 is 0 Å². The van der Waals surface area contributed by atoms with Gasteiger partial charge in [0.25, 0.3) is 0 Å². The van der Waals surface area contributed by atoms with Gasteiger partial charge in [-0.05, 0) is 54.7 Å². The fourth-order valence-corrected chi connectivity index (χ4v) is 2.18. The molecule has 0 saturated heterocycles. The molecule has 1 amide bonds. The number of halogens is 2. The van der Waals surface area contributed by atoms with Gasteiger partial charge in [0.2, 0.25) is 5.91 Å². The van der Waals surface area contributed by atoms with Crippen LogP contribution in [-0.2, 0) is 0 Å². The lowest BCUT2D eigenvalue weighted by molar-refractivity contribution is 0.100. The standard InChI is InChI=1S/C16H17NO.2ClH/c1-10-8-9-13(12(3)11(10)2)14-6-4-5-7-15(14)16(17)18;;/h4-9H,1-3H3,(H2,17,18);2*1H. The number of amides is 1. The van der Waals surface area contributed by atoms with Crippen LogP contribution in [0, 0.1) is 20.8 Å². The van der Waals surface area contributed by atoms with Gasteiger partial charge < -0.3 is 5.73 Å². The fourth-order valence-electron chi connectivity index (χ4n) is 2.18. The van der Waals surface area contributed by atoms with Crippen molar-refractivity contribution in [3.63, 3.8) is 0 Å². The number of hydrogen-bond acceptors (Lipinski definition) is 1. The Morgan fingerprint density at radius 3 is 2.05 bits per heavy atom. The number of hydrogen-bond donors (Lipinski definition) is 1. The van der Waals surface area contributed by atoms with E-state index in [4.69, 9.17) is 5.73 Å². The highest BCUT2D eigenvalue weighted by atomic mass is 35.5. The first-order valence-electron chi connectivity index (χ1n) is 5.98. The first kappa shape index (κ1) is 18.5. The van der Waals surface area contributed by atoms with Crippen LogP contribution in [0.15, 0.2) is 36.4 Å². The van der Waals surface area contributed by atoms with Gasteiger partial charge in [-0.2, -0.15) is 0 Å². The molecular formula is C16H19Cl2NO. The predicted octanol–water partition coefficient (Wildman–Crippen LogP) is 4.22. The topological polar surface area (TPSA) is 43.1 Å². The first-order valence-corrected chi connectivity index (χ1v) is 5.98. The average Bonchev–Trinajstić information content (AvgIpc) is 2.36. The molecule has 0 bridgehead atoms. The zero-order chi connectivity index (χ0) is 13.3. The SMILES string of the molecule is Cc1ccc(-c2ccccc2C(N)=O)c(C)c1C.Cl.Cl. The summed E-state index contributed by atoms with van der Waals surface area (Å²) in [4.78, 5) is 11.5. The molecule has 2 aromatic carbocycles. The number of nitrogens with two attached hydrogens (primary N) is 1. The minimum Gasteiger partial charge on any atom is -0.366 e. The van der Waals surface area contributed by atoms with Gasteiger partial charge in [0.15, 0.2) is 0 Å². The summed E-state index contributed by atoms with van der Waals surface area (Å²) in [6.45, 7) is 6.27. The largest absolute Gasteiger partial charge is 0.366 e. The van der Waals surface area contributed by atoms with Gasteiger partial charge in [-0.15, -0.1) is 24.8 Å². The summed E-state index contributed by atoms with van der Waals surface area (Å²) in [6.07, 6.45) is 0. The minimum atomic E-state index is -0.386. The second kappa shape index (κ2) is 7.32. The van der Waals surface area contributed by atoms with Crippen LogP contribution < -0.4 is 5.73 Å². The van der Waals surface area contributed by atoms with Crippen LogP contribution in [0.3, 0.4) is 0 Å². The van der Waals surface area contributed by atoms with Crippen LogP contribution in [-0.4, -0.2) is 5.91 Å². The van der Waals surface area contributed by atoms with Crippen LogP contribution >= 0.6 is 24.8 Å². The Balaban J connectivity index is 0.00000180. The molecule has 0 atom stereocenters. The second-order valence-electron chi connectivity index (χ2n) is 4.59. The van der Waals surface area contributed by atoms with Crippen molar-refractivity contribution >= 4 is 30.7 Å². The third kappa shape index (κ3) is 3.33. The summed E-state index contributed by atoms with van der Waals surface area (Å²) in [5, 5.41) is 0. The highest BCUT2D eigenvalue weighted by Crippen LogP contribution is 2.29. The summed E-state index contributed by atoms with van der Waals surface area (Å²) < 4.78 is 0. The Labute approximate surface area is 132 Å². The summed E-state index contributed by atoms with van der Waals surface area (Å²) in [6, 6.07) is 11.6. The van der Waals surface area contributed by atoms with E-state index in [2.05, 4.69) is 32.9 Å². The smallest absolute Gasteiger partial charge is 0.249 e. The van der Waals surface area contributed by atoms with Crippen LogP contribution in [0.1, 0.15) is 27.0 Å². The number of rotatable bonds is 2. The van der Waals surface area contributed by atoms with Crippen molar-refractivity contribution in [2.24, 2.45) is 5.73 Å². The first-order chi connectivity index (χ1) is 8.52. The summed E-state index contributed by atoms with van der Waals surface area (Å²) >= 11 is 0. The molecule has 0 aliphatic rings. The van der Waals surface area contributed by atoms with E-state index in [0.717, 1.165) is 11.1 Å². The maximum Gasteiger partial charge on any atom is 0.249 e. The van der Waals surface area contributed by atoms with Crippen molar-refractivity contribution in [2.45, 2.75) is 20.8 Å². The van der Waals surface area contributed by atoms with Crippen molar-refractivity contribution in [1.82, 2.24) is 0 Å². The van der Waals surface area contributed by atoms with E-state index in [-0.39, 0.29) is 30.7 Å². The third-order valence-electron chi connectivity index (χ3n) is 3.54. The normalized spacial score (nSPS) is 9.35. The zero-order valence-corrected chi connectivity index (χ0v) is 13.4. The summed E-state index contributed by atoms with van der Waals surface area (Å²) in [7, 11) is 0. The van der Waals surface area contributed by atoms with E-state index >= 15 is 0 Å². The lowest BCUT2D eigenvalue weighted by Gasteiger charge is -2.13. The Bertz CT molecular complexity index is 624. The molecule has 0 aliphatic carbocycles. The van der Waals surface area contributed by atoms with E-state index in [9.17, 15) is 4.79 Å². The predicted molar refractivity (Wildman–Crippen MR) is 89.1 cm³/mol. The van der Waals surface area contributed by atoms with Crippen molar-refractivity contribution in [3.05, 3.63) is 58.7 Å². The van der Waals surface area contributed by atoms with Crippen molar-refractivity contribution in [3.8, 4) is 11.1 Å². The van der Waals surface area contributed by atoms with E-state index in [1.807, 2.05) is 18.2 Å². The molecule has 0 saturated carbocycles. The van der Waals surface area contributed by atoms with E-state index < -0.39 is 0 Å². The molecule has 0 radical (unpaired) electrons. The van der Waals surface area contributed by atoms with Gasteiger partial charge in [-0.3, -0.25) is 4.79 Å². The van der Waals surface area contributed by atoms with Gasteiger partial charge in [0.05, 0.1) is 0 Å². The molecule has 0 fully saturated rings. The molecule has 20 heavy (non-hydrogen) atoms. The number of carbonyl (C=O) groups excluding carboxylic acids is 1. The highest BCUT2D eigenvalue weighted by Gasteiger charge is 2.12. The molecule has 0 aliphatic heterocycles. The Morgan fingerprint density at radius 2 is 1.45 bits per heavy atom. The molecule has 2 rings (SSSR count). The van der Waals surface area contributed by atoms with Crippen LogP contribution in [0.25, 0.3) is 11.1 Å². The molecule has 2 N–H and O–H groups in total. The second-order valence-corrected chi connectivity index (χ2v) is 4.59. The number of primary amides is 1. The zero-order valence-electron chi connectivity index (χ0n) is 11.8. The lowest BCUT2D eigenvalue weighted by atomic mass is 9.91. The van der Waals surface area contributed by atoms with Crippen LogP contribution in [0.4, 0.5) is 0 Å². The van der Waals surface area contributed by atoms with Crippen molar-refractivity contribution < 1.29 is 4.79 Å². The molecule has 0 heterocycles. The minimum absolute atomic E-state index is 0. The molecule has 0 spiro atoms. The van der Waals surface area contributed by atoms with Crippen molar-refractivity contribution in [1.29, 1.82) is 0 Å². The summed E-state index contributed by atoms with van der Waals surface area (Å²) in [5.74, 6) is -0.386. The Morgan fingerprint density at radius 1 is 0.850 bits per heavy atom. The molecule has 2 nitrogen and oxygen atoms in total. The summed E-state index contributed by atoms with van der Waals surface area (Å²) in [5.41, 5.74) is 11.7. The third-order valence-corrected chi connectivity index (χ3v) is 3.54. The average molecular weight is 312 g/mol. The lowest BCUT2D eigenvalue weighted by Crippen LogP contribution is -2.12. The molecule has 4 heteroatoms. The molecule has 108 valence electrons. The molecule has 0 unspecified atom stereocenters. The van der Waals surface area contributed by atoms with Gasteiger partial charge in [0.1, 0.15) is 0 Å². The van der Waals surface area contributed by atoms with E-state index in [1.54, 1.807) is 6.07 Å². The highest BCUT2D eigenvalue weighted by molar-refractivity contribution is 6.00. The maximum absolute atomic E-state index is 11.5. The quantitative estimate of drug-likeness (QED) is 0.886. The fraction of sp³-hybridized carbons (Fsp3) is 0.188. The molecular weight excluding hydrogens is 293 g/mol. The Kier molecular flexibility index (Phi) is 6.77. The number of benzene rings is 2. The molecule has 0 aromatic heterocycles. The Hall–Kier alpha value is -1.51. The van der Waals surface area contributed by atoms with Crippen molar-refractivity contribution in [2.75, 3.05) is 0 Å². The van der Waals surface area contributed by atoms with E-state index in [1.165, 1.54) is 16.7 Å². The van der Waals surface area contributed by atoms with Crippen LogP contribution in [0.5, 0.6) is 0 Å². The monoisotopic (exact) mass is 311 g/mol. The van der Waals surface area contributed by atoms with Gasteiger partial charge in [-0.25, -0.2) is 0 Å². The number of aryl methyl sites for hydroxylation is 1. The molecule has 2 aromatic rings. The number of carbonyl (C=O) groups is 1. The maximum atomic E-state index is 11.5. The van der Waals surface area contributed by atoms with Crippen LogP contribution in [0.2, 0.25) is 0 Å².